The summed E-state index contributed by atoms with van der Waals surface area (Å²) in [6.07, 6.45) is 0.414. The number of hydrogen-bond acceptors (Lipinski definition) is 4. The van der Waals surface area contributed by atoms with Crippen LogP contribution in [0, 0.1) is 23.2 Å². The third-order valence-corrected chi connectivity index (χ3v) is 3.81. The fourth-order valence-electron chi connectivity index (χ4n) is 2.74. The van der Waals surface area contributed by atoms with Crippen LogP contribution in [0.5, 0.6) is 0 Å². The zero-order valence-corrected chi connectivity index (χ0v) is 10.4. The predicted octanol–water partition coefficient (Wildman–Crippen LogP) is -0.490. The maximum Gasteiger partial charge on any atom is 0.236 e. The molecule has 2 aliphatic heterocycles. The average Bonchev–Trinajstić information content (AvgIpc) is 2.86. The normalized spacial score (nSPS) is 27.8. The number of nitriles is 1. The van der Waals surface area contributed by atoms with Crippen molar-refractivity contribution in [2.45, 2.75) is 6.42 Å². The molecule has 1 amide bonds. The van der Waals surface area contributed by atoms with Gasteiger partial charge in [-0.05, 0) is 24.9 Å². The van der Waals surface area contributed by atoms with Crippen LogP contribution < -0.4 is 5.32 Å². The predicted molar refractivity (Wildman–Crippen MR) is 64.2 cm³/mol. The molecular weight excluding hydrogens is 216 g/mol. The van der Waals surface area contributed by atoms with E-state index in [4.69, 9.17) is 5.26 Å². The van der Waals surface area contributed by atoms with E-state index in [0.717, 1.165) is 38.0 Å². The van der Waals surface area contributed by atoms with Crippen molar-refractivity contribution in [1.29, 1.82) is 5.26 Å². The van der Waals surface area contributed by atoms with E-state index in [0.29, 0.717) is 19.5 Å². The van der Waals surface area contributed by atoms with Gasteiger partial charge in [0.2, 0.25) is 5.91 Å². The van der Waals surface area contributed by atoms with Crippen molar-refractivity contribution in [3.05, 3.63) is 0 Å². The molecule has 0 bridgehead atoms. The maximum absolute atomic E-state index is 11.9. The van der Waals surface area contributed by atoms with E-state index in [1.54, 1.807) is 11.9 Å². The first kappa shape index (κ1) is 12.3. The minimum absolute atomic E-state index is 0.133. The Hall–Kier alpha value is -1.12. The van der Waals surface area contributed by atoms with Gasteiger partial charge >= 0.3 is 0 Å². The highest BCUT2D eigenvalue weighted by Crippen LogP contribution is 2.25. The van der Waals surface area contributed by atoms with Gasteiger partial charge in [0.15, 0.2) is 0 Å². The lowest BCUT2D eigenvalue weighted by atomic mass is 10.0. The number of likely N-dealkylation sites (tertiary alicyclic amines) is 1. The molecule has 1 N–H and O–H groups in total. The maximum atomic E-state index is 11.9. The van der Waals surface area contributed by atoms with Crippen molar-refractivity contribution in [2.24, 2.45) is 11.8 Å². The summed E-state index contributed by atoms with van der Waals surface area (Å²) in [5.41, 5.74) is 0. The molecule has 2 aliphatic rings. The second-order valence-electron chi connectivity index (χ2n) is 5.10. The molecule has 0 spiro atoms. The van der Waals surface area contributed by atoms with Crippen LogP contribution in [0.1, 0.15) is 6.42 Å². The number of rotatable bonds is 4. The fourth-order valence-corrected chi connectivity index (χ4v) is 2.74. The van der Waals surface area contributed by atoms with Gasteiger partial charge in [0.25, 0.3) is 0 Å². The van der Waals surface area contributed by atoms with E-state index in [2.05, 4.69) is 16.3 Å². The van der Waals surface area contributed by atoms with E-state index in [1.165, 1.54) is 0 Å². The van der Waals surface area contributed by atoms with E-state index < -0.39 is 0 Å². The largest absolute Gasteiger partial charge is 0.344 e. The molecule has 0 aromatic rings. The summed E-state index contributed by atoms with van der Waals surface area (Å²) < 4.78 is 0. The van der Waals surface area contributed by atoms with Gasteiger partial charge in [0.05, 0.1) is 19.0 Å². The Kier molecular flexibility index (Phi) is 3.97. The molecule has 2 heterocycles. The molecule has 2 rings (SSSR count). The lowest BCUT2D eigenvalue weighted by Gasteiger charge is -2.21. The average molecular weight is 236 g/mol. The lowest BCUT2D eigenvalue weighted by Crippen LogP contribution is -2.38. The number of nitrogens with one attached hydrogen (secondary N) is 1. The van der Waals surface area contributed by atoms with Crippen molar-refractivity contribution < 1.29 is 4.79 Å². The van der Waals surface area contributed by atoms with Gasteiger partial charge in [-0.1, -0.05) is 0 Å². The summed E-state index contributed by atoms with van der Waals surface area (Å²) >= 11 is 0. The van der Waals surface area contributed by atoms with Gasteiger partial charge in [-0.15, -0.1) is 0 Å². The summed E-state index contributed by atoms with van der Waals surface area (Å²) in [4.78, 5) is 15.8. The van der Waals surface area contributed by atoms with Crippen LogP contribution in [0.4, 0.5) is 0 Å². The second kappa shape index (κ2) is 5.48. The summed E-state index contributed by atoms with van der Waals surface area (Å²) in [5, 5.41) is 11.9. The lowest BCUT2D eigenvalue weighted by molar-refractivity contribution is -0.130. The van der Waals surface area contributed by atoms with Crippen LogP contribution in [0.3, 0.4) is 0 Å². The summed E-state index contributed by atoms with van der Waals surface area (Å²) in [5.74, 6) is 1.59. The smallest absolute Gasteiger partial charge is 0.236 e. The van der Waals surface area contributed by atoms with Crippen LogP contribution in [-0.2, 0) is 4.79 Å². The Morgan fingerprint density at radius 2 is 2.12 bits per heavy atom. The van der Waals surface area contributed by atoms with Crippen LogP contribution in [0.2, 0.25) is 0 Å². The summed E-state index contributed by atoms with van der Waals surface area (Å²) in [6.45, 7) is 5.32. The third-order valence-electron chi connectivity index (χ3n) is 3.81. The molecule has 0 aromatic heterocycles. The zero-order chi connectivity index (χ0) is 12.3. The second-order valence-corrected chi connectivity index (χ2v) is 5.10. The van der Waals surface area contributed by atoms with Gasteiger partial charge in [-0.3, -0.25) is 9.69 Å². The molecule has 0 aromatic carbocycles. The van der Waals surface area contributed by atoms with Gasteiger partial charge in [-0.25, -0.2) is 0 Å². The number of carbonyl (C=O) groups excluding carboxylic acids is 1. The van der Waals surface area contributed by atoms with Gasteiger partial charge < -0.3 is 10.2 Å². The molecule has 0 saturated carbocycles. The first-order valence-corrected chi connectivity index (χ1v) is 6.24. The Morgan fingerprint density at radius 1 is 1.47 bits per heavy atom. The summed E-state index contributed by atoms with van der Waals surface area (Å²) in [6, 6.07) is 2.06. The van der Waals surface area contributed by atoms with Crippen molar-refractivity contribution in [3.8, 4) is 6.07 Å². The summed E-state index contributed by atoms with van der Waals surface area (Å²) in [7, 11) is 1.78. The van der Waals surface area contributed by atoms with Crippen molar-refractivity contribution in [2.75, 3.05) is 46.3 Å². The van der Waals surface area contributed by atoms with Crippen LogP contribution in [0.15, 0.2) is 0 Å². The molecule has 17 heavy (non-hydrogen) atoms. The first-order chi connectivity index (χ1) is 8.20. The highest BCUT2D eigenvalue weighted by molar-refractivity contribution is 5.78. The SMILES string of the molecule is CN(CCC#N)C(=O)CN1C[C@H]2CNC[C@H]2C1. The Balaban J connectivity index is 1.74. The minimum atomic E-state index is 0.133. The van der Waals surface area contributed by atoms with Crippen molar-refractivity contribution in [3.63, 3.8) is 0 Å². The molecule has 2 fully saturated rings. The molecule has 0 aliphatic carbocycles. The molecule has 5 heteroatoms. The zero-order valence-electron chi connectivity index (χ0n) is 10.4. The Bertz CT molecular complexity index is 313. The highest BCUT2D eigenvalue weighted by Gasteiger charge is 2.36. The topological polar surface area (TPSA) is 59.4 Å². The van der Waals surface area contributed by atoms with E-state index in [9.17, 15) is 4.79 Å². The monoisotopic (exact) mass is 236 g/mol. The number of likely N-dealkylation sites (N-methyl/N-ethyl adjacent to an activating group) is 1. The van der Waals surface area contributed by atoms with Crippen molar-refractivity contribution >= 4 is 5.91 Å². The number of amides is 1. The van der Waals surface area contributed by atoms with E-state index in [-0.39, 0.29) is 5.91 Å². The van der Waals surface area contributed by atoms with E-state index in [1.807, 2.05) is 0 Å². The quantitative estimate of drug-likeness (QED) is 0.715. The first-order valence-electron chi connectivity index (χ1n) is 6.24. The molecule has 2 atom stereocenters. The Labute approximate surface area is 102 Å². The van der Waals surface area contributed by atoms with Crippen LogP contribution in [0.25, 0.3) is 0 Å². The molecular formula is C12H20N4O. The molecule has 2 saturated heterocycles. The molecule has 0 radical (unpaired) electrons. The highest BCUT2D eigenvalue weighted by atomic mass is 16.2. The van der Waals surface area contributed by atoms with Crippen LogP contribution in [-0.4, -0.2) is 62.0 Å². The minimum Gasteiger partial charge on any atom is -0.344 e. The number of hydrogen-bond donors (Lipinski definition) is 1. The fraction of sp³-hybridized carbons (Fsp3) is 0.833. The van der Waals surface area contributed by atoms with Gasteiger partial charge in [-0.2, -0.15) is 5.26 Å². The van der Waals surface area contributed by atoms with Gasteiger partial charge in [0.1, 0.15) is 0 Å². The number of carbonyl (C=O) groups is 1. The number of fused-ring (bicyclic) bond motifs is 1. The van der Waals surface area contributed by atoms with Crippen LogP contribution >= 0.6 is 0 Å². The third kappa shape index (κ3) is 2.96. The molecule has 0 unspecified atom stereocenters. The Morgan fingerprint density at radius 3 is 2.71 bits per heavy atom. The molecule has 94 valence electrons. The standard InChI is InChI=1S/C12H20N4O/c1-15(4-2-3-13)12(17)9-16-7-10-5-14-6-11(10)8-16/h10-11,14H,2,4-9H2,1H3/t10-,11+. The molecule has 5 nitrogen and oxygen atoms in total. The number of nitrogens with zero attached hydrogens (tertiary/aromatic N) is 3. The van der Waals surface area contributed by atoms with Crippen molar-refractivity contribution in [1.82, 2.24) is 15.1 Å². The van der Waals surface area contributed by atoms with Gasteiger partial charge in [0, 0.05) is 26.7 Å². The van der Waals surface area contributed by atoms with E-state index >= 15 is 0 Å².